The highest BCUT2D eigenvalue weighted by Gasteiger charge is 2.46. The predicted molar refractivity (Wildman–Crippen MR) is 53.5 cm³/mol. The minimum absolute atomic E-state index is 0.326. The average molecular weight is 180 g/mol. The Hall–Kier alpha value is -0.330. The molecule has 0 saturated heterocycles. The summed E-state index contributed by atoms with van der Waals surface area (Å²) in [5, 5.41) is 0. The Labute approximate surface area is 80.9 Å². The summed E-state index contributed by atoms with van der Waals surface area (Å²) in [7, 11) is 0. The molecule has 0 aromatic rings. The van der Waals surface area contributed by atoms with Crippen molar-refractivity contribution in [2.45, 2.75) is 52.4 Å². The summed E-state index contributed by atoms with van der Waals surface area (Å²) in [4.78, 5) is 11.7. The van der Waals surface area contributed by atoms with E-state index in [2.05, 4.69) is 13.8 Å². The molecule has 1 nitrogen and oxygen atoms in total. The first-order chi connectivity index (χ1) is 6.14. The van der Waals surface area contributed by atoms with Gasteiger partial charge in [0.15, 0.2) is 0 Å². The maximum absolute atomic E-state index is 11.7. The van der Waals surface area contributed by atoms with Crippen LogP contribution in [0.4, 0.5) is 0 Å². The summed E-state index contributed by atoms with van der Waals surface area (Å²) in [6.45, 7) is 4.50. The fourth-order valence-corrected chi connectivity index (χ4v) is 3.38. The van der Waals surface area contributed by atoms with Gasteiger partial charge in [0.25, 0.3) is 0 Å². The molecule has 1 heteroatoms. The molecule has 0 aromatic heterocycles. The standard InChI is InChI=1S/C12H20O/c1-9-11(13)7-6-10-5-3-4-8-12(9,10)2/h9-10H,3-8H2,1-2H3/t9-,10+,12+/m0/s1. The van der Waals surface area contributed by atoms with Gasteiger partial charge in [-0.15, -0.1) is 0 Å². The van der Waals surface area contributed by atoms with Crippen LogP contribution in [0.3, 0.4) is 0 Å². The molecule has 0 aliphatic heterocycles. The van der Waals surface area contributed by atoms with Crippen LogP contribution in [0, 0.1) is 17.3 Å². The normalized spacial score (nSPS) is 45.8. The number of carbonyl (C=O) groups is 1. The zero-order chi connectivity index (χ0) is 9.47. The lowest BCUT2D eigenvalue weighted by Gasteiger charge is -2.48. The van der Waals surface area contributed by atoms with Gasteiger partial charge in [0.05, 0.1) is 0 Å². The van der Waals surface area contributed by atoms with E-state index in [-0.39, 0.29) is 0 Å². The lowest BCUT2D eigenvalue weighted by molar-refractivity contribution is -0.134. The summed E-state index contributed by atoms with van der Waals surface area (Å²) < 4.78 is 0. The number of fused-ring (bicyclic) bond motifs is 1. The van der Waals surface area contributed by atoms with Crippen molar-refractivity contribution >= 4 is 5.78 Å². The highest BCUT2D eigenvalue weighted by Crippen LogP contribution is 2.51. The molecule has 0 N–H and O–H groups in total. The molecule has 74 valence electrons. The van der Waals surface area contributed by atoms with E-state index in [1.165, 1.54) is 32.1 Å². The van der Waals surface area contributed by atoms with Crippen molar-refractivity contribution in [3.63, 3.8) is 0 Å². The Bertz CT molecular complexity index is 221. The fourth-order valence-electron chi connectivity index (χ4n) is 3.38. The predicted octanol–water partition coefficient (Wildman–Crippen LogP) is 3.18. The molecule has 13 heavy (non-hydrogen) atoms. The van der Waals surface area contributed by atoms with Crippen LogP contribution < -0.4 is 0 Å². The zero-order valence-corrected chi connectivity index (χ0v) is 8.81. The third kappa shape index (κ3) is 1.33. The van der Waals surface area contributed by atoms with Crippen LogP contribution in [-0.4, -0.2) is 5.78 Å². The second kappa shape index (κ2) is 3.11. The largest absolute Gasteiger partial charge is 0.299 e. The minimum Gasteiger partial charge on any atom is -0.299 e. The first-order valence-corrected chi connectivity index (χ1v) is 5.67. The first kappa shape index (κ1) is 9.23. The van der Waals surface area contributed by atoms with E-state index < -0.39 is 0 Å². The third-order valence-corrected chi connectivity index (χ3v) is 4.66. The quantitative estimate of drug-likeness (QED) is 0.559. The summed E-state index contributed by atoms with van der Waals surface area (Å²) in [5.41, 5.74) is 0.355. The molecule has 2 fully saturated rings. The summed E-state index contributed by atoms with van der Waals surface area (Å²) >= 11 is 0. The van der Waals surface area contributed by atoms with Crippen molar-refractivity contribution in [1.29, 1.82) is 0 Å². The van der Waals surface area contributed by atoms with Crippen LogP contribution in [0.25, 0.3) is 0 Å². The number of hydrogen-bond acceptors (Lipinski definition) is 1. The lowest BCUT2D eigenvalue weighted by Crippen LogP contribution is -2.44. The number of Topliss-reactive ketones (excluding diaryl/α,β-unsaturated/α-hetero) is 1. The van der Waals surface area contributed by atoms with Crippen molar-refractivity contribution < 1.29 is 4.79 Å². The summed E-state index contributed by atoms with van der Waals surface area (Å²) in [6.07, 6.45) is 7.39. The number of hydrogen-bond donors (Lipinski definition) is 0. The lowest BCUT2D eigenvalue weighted by atomic mass is 9.56. The average Bonchev–Trinajstić information content (AvgIpc) is 2.13. The Morgan fingerprint density at radius 3 is 2.85 bits per heavy atom. The molecule has 3 atom stereocenters. The topological polar surface area (TPSA) is 17.1 Å². The van der Waals surface area contributed by atoms with Crippen LogP contribution >= 0.6 is 0 Å². The van der Waals surface area contributed by atoms with Gasteiger partial charge < -0.3 is 0 Å². The molecular formula is C12H20O. The molecule has 0 spiro atoms. The van der Waals surface area contributed by atoms with Crippen LogP contribution in [0.5, 0.6) is 0 Å². The van der Waals surface area contributed by atoms with Gasteiger partial charge >= 0.3 is 0 Å². The van der Waals surface area contributed by atoms with Crippen molar-refractivity contribution in [3.05, 3.63) is 0 Å². The van der Waals surface area contributed by atoms with E-state index in [9.17, 15) is 4.79 Å². The van der Waals surface area contributed by atoms with Crippen LogP contribution in [0.2, 0.25) is 0 Å². The Kier molecular flexibility index (Phi) is 2.21. The maximum Gasteiger partial charge on any atom is 0.136 e. The molecule has 2 saturated carbocycles. The smallest absolute Gasteiger partial charge is 0.136 e. The molecule has 0 heterocycles. The van der Waals surface area contributed by atoms with Gasteiger partial charge in [-0.1, -0.05) is 26.7 Å². The summed E-state index contributed by atoms with van der Waals surface area (Å²) in [5.74, 6) is 1.68. The molecule has 2 aliphatic carbocycles. The van der Waals surface area contributed by atoms with E-state index in [1.54, 1.807) is 0 Å². The zero-order valence-electron chi connectivity index (χ0n) is 8.81. The van der Waals surface area contributed by atoms with Gasteiger partial charge in [0, 0.05) is 12.3 Å². The Balaban J connectivity index is 2.22. The molecule has 0 aromatic carbocycles. The molecule has 2 aliphatic rings. The molecule has 2 rings (SSSR count). The Morgan fingerprint density at radius 2 is 2.08 bits per heavy atom. The SMILES string of the molecule is C[C@H]1C(=O)CC[C@H]2CCCC[C@@]21C. The minimum atomic E-state index is 0.326. The van der Waals surface area contributed by atoms with Gasteiger partial charge in [0.1, 0.15) is 5.78 Å². The summed E-state index contributed by atoms with van der Waals surface area (Å²) in [6, 6.07) is 0. The van der Waals surface area contributed by atoms with E-state index in [0.29, 0.717) is 17.1 Å². The van der Waals surface area contributed by atoms with Crippen molar-refractivity contribution in [1.82, 2.24) is 0 Å². The molecule has 0 amide bonds. The fraction of sp³-hybridized carbons (Fsp3) is 0.917. The van der Waals surface area contributed by atoms with E-state index in [0.717, 1.165) is 12.3 Å². The van der Waals surface area contributed by atoms with Crippen molar-refractivity contribution in [2.75, 3.05) is 0 Å². The van der Waals surface area contributed by atoms with Gasteiger partial charge in [-0.05, 0) is 30.6 Å². The van der Waals surface area contributed by atoms with Crippen molar-refractivity contribution in [3.8, 4) is 0 Å². The Morgan fingerprint density at radius 1 is 1.31 bits per heavy atom. The number of rotatable bonds is 0. The van der Waals surface area contributed by atoms with Gasteiger partial charge in [0.2, 0.25) is 0 Å². The number of ketones is 1. The molecular weight excluding hydrogens is 160 g/mol. The third-order valence-electron chi connectivity index (χ3n) is 4.66. The highest BCUT2D eigenvalue weighted by atomic mass is 16.1. The van der Waals surface area contributed by atoms with E-state index in [1.807, 2.05) is 0 Å². The van der Waals surface area contributed by atoms with Crippen LogP contribution in [0.15, 0.2) is 0 Å². The molecule has 0 radical (unpaired) electrons. The maximum atomic E-state index is 11.7. The van der Waals surface area contributed by atoms with E-state index >= 15 is 0 Å². The van der Waals surface area contributed by atoms with Gasteiger partial charge in [-0.25, -0.2) is 0 Å². The molecule has 0 unspecified atom stereocenters. The highest BCUT2D eigenvalue weighted by molar-refractivity contribution is 5.82. The van der Waals surface area contributed by atoms with Crippen molar-refractivity contribution in [2.24, 2.45) is 17.3 Å². The second-order valence-electron chi connectivity index (χ2n) is 5.18. The second-order valence-corrected chi connectivity index (χ2v) is 5.18. The number of carbonyl (C=O) groups excluding carboxylic acids is 1. The molecule has 0 bridgehead atoms. The van der Waals surface area contributed by atoms with Gasteiger partial charge in [-0.3, -0.25) is 4.79 Å². The van der Waals surface area contributed by atoms with E-state index in [4.69, 9.17) is 0 Å². The monoisotopic (exact) mass is 180 g/mol. The van der Waals surface area contributed by atoms with Crippen LogP contribution in [-0.2, 0) is 4.79 Å². The van der Waals surface area contributed by atoms with Gasteiger partial charge in [-0.2, -0.15) is 0 Å². The van der Waals surface area contributed by atoms with Crippen LogP contribution in [0.1, 0.15) is 52.4 Å². The first-order valence-electron chi connectivity index (χ1n) is 5.67.